The van der Waals surface area contributed by atoms with Crippen molar-refractivity contribution < 1.29 is 14.3 Å². The molecule has 1 aliphatic heterocycles. The second-order valence-corrected chi connectivity index (χ2v) is 4.80. The molecule has 0 fully saturated rings. The number of hydrogen-bond donors (Lipinski definition) is 1. The minimum absolute atomic E-state index is 0.0320. The fourth-order valence-corrected chi connectivity index (χ4v) is 2.55. The number of amides is 1. The molecule has 0 bridgehead atoms. The first kappa shape index (κ1) is 12.4. The molecular formula is C13H9N3O3S. The SMILES string of the molecule is N#CCNC(=O)c1csc(-c2ccc3c(c2)OCO3)n1. The third-order valence-corrected chi connectivity index (χ3v) is 3.58. The van der Waals surface area contributed by atoms with Crippen LogP contribution in [0.2, 0.25) is 0 Å². The number of carbonyl (C=O) groups excluding carboxylic acids is 1. The van der Waals surface area contributed by atoms with Crippen molar-refractivity contribution in [3.63, 3.8) is 0 Å². The van der Waals surface area contributed by atoms with Crippen molar-refractivity contribution in [1.82, 2.24) is 10.3 Å². The fraction of sp³-hybridized carbons (Fsp3) is 0.154. The van der Waals surface area contributed by atoms with Crippen molar-refractivity contribution in [2.75, 3.05) is 13.3 Å². The summed E-state index contributed by atoms with van der Waals surface area (Å²) in [5.74, 6) is 1.03. The molecule has 2 aromatic rings. The summed E-state index contributed by atoms with van der Waals surface area (Å²) in [7, 11) is 0. The molecule has 0 aliphatic carbocycles. The number of nitrogens with one attached hydrogen (secondary N) is 1. The predicted octanol–water partition coefficient (Wildman–Crippen LogP) is 1.79. The second kappa shape index (κ2) is 5.19. The van der Waals surface area contributed by atoms with E-state index in [0.717, 1.165) is 5.56 Å². The van der Waals surface area contributed by atoms with E-state index < -0.39 is 0 Å². The molecule has 1 N–H and O–H groups in total. The Morgan fingerprint density at radius 1 is 1.45 bits per heavy atom. The molecule has 0 radical (unpaired) electrons. The highest BCUT2D eigenvalue weighted by molar-refractivity contribution is 7.13. The third-order valence-electron chi connectivity index (χ3n) is 2.68. The van der Waals surface area contributed by atoms with Crippen LogP contribution in [0.5, 0.6) is 11.5 Å². The lowest BCUT2D eigenvalue weighted by molar-refractivity contribution is 0.0954. The molecule has 0 saturated carbocycles. The molecule has 0 unspecified atom stereocenters. The van der Waals surface area contributed by atoms with Gasteiger partial charge >= 0.3 is 0 Å². The summed E-state index contributed by atoms with van der Waals surface area (Å²) in [5.41, 5.74) is 1.16. The van der Waals surface area contributed by atoms with Gasteiger partial charge in [-0.15, -0.1) is 11.3 Å². The quantitative estimate of drug-likeness (QED) is 0.870. The van der Waals surface area contributed by atoms with Crippen LogP contribution in [0.1, 0.15) is 10.5 Å². The van der Waals surface area contributed by atoms with Gasteiger partial charge in [0.05, 0.1) is 6.07 Å². The Morgan fingerprint density at radius 3 is 3.15 bits per heavy atom. The Balaban J connectivity index is 1.83. The lowest BCUT2D eigenvalue weighted by Crippen LogP contribution is -2.23. The largest absolute Gasteiger partial charge is 0.454 e. The first-order valence-corrected chi connectivity index (χ1v) is 6.66. The monoisotopic (exact) mass is 287 g/mol. The van der Waals surface area contributed by atoms with E-state index >= 15 is 0 Å². The summed E-state index contributed by atoms with van der Waals surface area (Å²) < 4.78 is 10.6. The Labute approximate surface area is 118 Å². The van der Waals surface area contributed by atoms with Crippen LogP contribution >= 0.6 is 11.3 Å². The van der Waals surface area contributed by atoms with Gasteiger partial charge in [-0.05, 0) is 18.2 Å². The predicted molar refractivity (Wildman–Crippen MR) is 71.6 cm³/mol. The van der Waals surface area contributed by atoms with Crippen LogP contribution in [0, 0.1) is 11.3 Å². The number of hydrogen-bond acceptors (Lipinski definition) is 6. The van der Waals surface area contributed by atoms with E-state index in [1.807, 2.05) is 24.3 Å². The number of fused-ring (bicyclic) bond motifs is 1. The molecule has 100 valence electrons. The van der Waals surface area contributed by atoms with E-state index in [0.29, 0.717) is 22.2 Å². The maximum absolute atomic E-state index is 11.7. The summed E-state index contributed by atoms with van der Waals surface area (Å²) in [6, 6.07) is 7.36. The molecule has 2 heterocycles. The molecule has 20 heavy (non-hydrogen) atoms. The maximum Gasteiger partial charge on any atom is 0.271 e. The van der Waals surface area contributed by atoms with E-state index in [1.54, 1.807) is 5.38 Å². The number of rotatable bonds is 3. The highest BCUT2D eigenvalue weighted by Crippen LogP contribution is 2.36. The molecule has 0 atom stereocenters. The minimum atomic E-state index is -0.352. The molecular weight excluding hydrogens is 278 g/mol. The molecule has 1 aromatic carbocycles. The standard InChI is InChI=1S/C13H9N3O3S/c14-3-4-15-12(17)9-6-20-13(16-9)8-1-2-10-11(5-8)19-7-18-10/h1-2,5-6H,4,7H2,(H,15,17). The van der Waals surface area contributed by atoms with Crippen LogP contribution in [-0.2, 0) is 0 Å². The van der Waals surface area contributed by atoms with Crippen LogP contribution < -0.4 is 14.8 Å². The fourth-order valence-electron chi connectivity index (χ4n) is 1.75. The van der Waals surface area contributed by atoms with Gasteiger partial charge in [0.1, 0.15) is 17.2 Å². The summed E-state index contributed by atoms with van der Waals surface area (Å²) in [5, 5.41) is 13.3. The zero-order chi connectivity index (χ0) is 13.9. The number of carbonyl (C=O) groups is 1. The number of thiazole rings is 1. The van der Waals surface area contributed by atoms with Crippen LogP contribution in [0.25, 0.3) is 10.6 Å². The molecule has 0 saturated heterocycles. The van der Waals surface area contributed by atoms with E-state index in [4.69, 9.17) is 14.7 Å². The van der Waals surface area contributed by atoms with Crippen molar-refractivity contribution in [2.24, 2.45) is 0 Å². The first-order chi connectivity index (χ1) is 9.78. The Hall–Kier alpha value is -2.59. The third kappa shape index (κ3) is 2.29. The van der Waals surface area contributed by atoms with Gasteiger partial charge < -0.3 is 14.8 Å². The molecule has 1 aromatic heterocycles. The van der Waals surface area contributed by atoms with Crippen LogP contribution in [0.4, 0.5) is 0 Å². The average molecular weight is 287 g/mol. The van der Waals surface area contributed by atoms with E-state index in [2.05, 4.69) is 10.3 Å². The number of aromatic nitrogens is 1. The Kier molecular flexibility index (Phi) is 3.23. The minimum Gasteiger partial charge on any atom is -0.454 e. The smallest absolute Gasteiger partial charge is 0.271 e. The van der Waals surface area contributed by atoms with E-state index in [1.165, 1.54) is 11.3 Å². The molecule has 7 heteroatoms. The number of benzene rings is 1. The van der Waals surface area contributed by atoms with Crippen LogP contribution in [0.15, 0.2) is 23.6 Å². The highest BCUT2D eigenvalue weighted by Gasteiger charge is 2.16. The average Bonchev–Trinajstić information content (AvgIpc) is 3.12. The summed E-state index contributed by atoms with van der Waals surface area (Å²) in [6.07, 6.45) is 0. The van der Waals surface area contributed by atoms with Gasteiger partial charge in [0, 0.05) is 10.9 Å². The van der Waals surface area contributed by atoms with Crippen LogP contribution in [0.3, 0.4) is 0 Å². The van der Waals surface area contributed by atoms with Gasteiger partial charge in [-0.3, -0.25) is 4.79 Å². The summed E-state index contributed by atoms with van der Waals surface area (Å²) in [4.78, 5) is 15.9. The van der Waals surface area contributed by atoms with Gasteiger partial charge in [-0.1, -0.05) is 0 Å². The van der Waals surface area contributed by atoms with Gasteiger partial charge in [-0.25, -0.2) is 4.98 Å². The van der Waals surface area contributed by atoms with Gasteiger partial charge in [0.25, 0.3) is 5.91 Å². The number of ether oxygens (including phenoxy) is 2. The first-order valence-electron chi connectivity index (χ1n) is 5.78. The number of nitriles is 1. The molecule has 1 aliphatic rings. The van der Waals surface area contributed by atoms with Gasteiger partial charge in [0.15, 0.2) is 11.5 Å². The van der Waals surface area contributed by atoms with Gasteiger partial charge in [0.2, 0.25) is 6.79 Å². The molecule has 1 amide bonds. The van der Waals surface area contributed by atoms with Crippen molar-refractivity contribution in [2.45, 2.75) is 0 Å². The zero-order valence-corrected chi connectivity index (χ0v) is 11.1. The van der Waals surface area contributed by atoms with Crippen molar-refractivity contribution in [1.29, 1.82) is 5.26 Å². The number of nitrogens with zero attached hydrogens (tertiary/aromatic N) is 2. The summed E-state index contributed by atoms with van der Waals surface area (Å²) >= 11 is 1.36. The van der Waals surface area contributed by atoms with Crippen LogP contribution in [-0.4, -0.2) is 24.2 Å². The van der Waals surface area contributed by atoms with E-state index in [9.17, 15) is 4.79 Å². The maximum atomic E-state index is 11.7. The molecule has 3 rings (SSSR count). The highest BCUT2D eigenvalue weighted by atomic mass is 32.1. The second-order valence-electron chi connectivity index (χ2n) is 3.95. The van der Waals surface area contributed by atoms with E-state index in [-0.39, 0.29) is 19.2 Å². The van der Waals surface area contributed by atoms with Crippen molar-refractivity contribution in [3.05, 3.63) is 29.3 Å². The lowest BCUT2D eigenvalue weighted by Gasteiger charge is -1.99. The zero-order valence-electron chi connectivity index (χ0n) is 10.3. The summed E-state index contributed by atoms with van der Waals surface area (Å²) in [6.45, 7) is 0.189. The normalized spacial score (nSPS) is 11.9. The Morgan fingerprint density at radius 2 is 2.30 bits per heavy atom. The van der Waals surface area contributed by atoms with Crippen molar-refractivity contribution in [3.8, 4) is 28.1 Å². The van der Waals surface area contributed by atoms with Gasteiger partial charge in [-0.2, -0.15) is 5.26 Å². The molecule has 6 nitrogen and oxygen atoms in total. The topological polar surface area (TPSA) is 84.2 Å². The lowest BCUT2D eigenvalue weighted by atomic mass is 10.2. The Bertz CT molecular complexity index is 705. The molecule has 0 spiro atoms. The van der Waals surface area contributed by atoms with Crippen molar-refractivity contribution >= 4 is 17.2 Å².